The average molecular weight is 379 g/mol. The fraction of sp³-hybridized carbons (Fsp3) is 0.308. The number of rotatable bonds is 5. The van der Waals surface area contributed by atoms with Crippen molar-refractivity contribution in [2.75, 3.05) is 27.3 Å². The number of halogens is 2. The third-order valence-electron chi connectivity index (χ3n) is 2.54. The van der Waals surface area contributed by atoms with Crippen molar-refractivity contribution in [3.8, 4) is 0 Å². The molecule has 0 spiro atoms. The van der Waals surface area contributed by atoms with E-state index in [0.29, 0.717) is 9.50 Å². The number of hydrogen-bond donors (Lipinski definition) is 0. The van der Waals surface area contributed by atoms with Gasteiger partial charge in [-0.1, -0.05) is 11.6 Å². The highest BCUT2D eigenvalue weighted by molar-refractivity contribution is 9.10. The van der Waals surface area contributed by atoms with Crippen LogP contribution in [0, 0.1) is 0 Å². The van der Waals surface area contributed by atoms with Gasteiger partial charge in [-0.05, 0) is 34.1 Å². The largest absolute Gasteiger partial charge is 0.468 e. The number of ether oxygens (including phenoxy) is 2. The summed E-state index contributed by atoms with van der Waals surface area (Å²) in [7, 11) is 2.39. The summed E-state index contributed by atoms with van der Waals surface area (Å²) in [6, 6.07) is 4.58. The fourth-order valence-corrected chi connectivity index (χ4v) is 2.33. The SMILES string of the molecule is COC(=O)CN(CC(=O)OC)C(=O)c1ccc(Cl)cc1Br. The van der Waals surface area contributed by atoms with Gasteiger partial charge in [-0.2, -0.15) is 0 Å². The molecule has 0 aromatic heterocycles. The Bertz CT molecular complexity index is 545. The molecule has 1 rings (SSSR count). The highest BCUT2D eigenvalue weighted by Gasteiger charge is 2.23. The van der Waals surface area contributed by atoms with Crippen molar-refractivity contribution in [2.45, 2.75) is 0 Å². The molecule has 21 heavy (non-hydrogen) atoms. The second kappa shape index (κ2) is 7.99. The molecule has 1 aromatic rings. The lowest BCUT2D eigenvalue weighted by Crippen LogP contribution is -2.40. The summed E-state index contributed by atoms with van der Waals surface area (Å²) in [5.41, 5.74) is 0.271. The Morgan fingerprint density at radius 3 is 2.10 bits per heavy atom. The van der Waals surface area contributed by atoms with Crippen molar-refractivity contribution in [3.05, 3.63) is 33.3 Å². The van der Waals surface area contributed by atoms with Gasteiger partial charge in [0.1, 0.15) is 13.1 Å². The molecule has 0 fully saturated rings. The van der Waals surface area contributed by atoms with Crippen molar-refractivity contribution in [3.63, 3.8) is 0 Å². The molecule has 0 radical (unpaired) electrons. The Morgan fingerprint density at radius 2 is 1.67 bits per heavy atom. The first-order valence-corrected chi connectivity index (χ1v) is 6.94. The Balaban J connectivity index is 3.02. The third-order valence-corrected chi connectivity index (χ3v) is 3.44. The molecule has 6 nitrogen and oxygen atoms in total. The Morgan fingerprint density at radius 1 is 1.14 bits per heavy atom. The molecular formula is C13H13BrClNO5. The van der Waals surface area contributed by atoms with Crippen LogP contribution in [0.3, 0.4) is 0 Å². The predicted molar refractivity (Wildman–Crippen MR) is 79.1 cm³/mol. The van der Waals surface area contributed by atoms with Crippen LogP contribution in [-0.4, -0.2) is 50.1 Å². The van der Waals surface area contributed by atoms with Crippen LogP contribution >= 0.6 is 27.5 Å². The van der Waals surface area contributed by atoms with Crippen molar-refractivity contribution in [1.82, 2.24) is 4.90 Å². The molecule has 0 saturated carbocycles. The Kier molecular flexibility index (Phi) is 6.64. The van der Waals surface area contributed by atoms with Gasteiger partial charge < -0.3 is 14.4 Å². The molecule has 1 aromatic carbocycles. The molecule has 0 N–H and O–H groups in total. The summed E-state index contributed by atoms with van der Waals surface area (Å²) in [5, 5.41) is 0.450. The van der Waals surface area contributed by atoms with E-state index in [1.807, 2.05) is 0 Å². The molecule has 8 heteroatoms. The minimum atomic E-state index is -0.641. The fourth-order valence-electron chi connectivity index (χ4n) is 1.47. The number of amides is 1. The van der Waals surface area contributed by atoms with Crippen LogP contribution in [0.15, 0.2) is 22.7 Å². The zero-order valence-electron chi connectivity index (χ0n) is 11.4. The maximum atomic E-state index is 12.4. The van der Waals surface area contributed by atoms with E-state index in [4.69, 9.17) is 11.6 Å². The number of carbonyl (C=O) groups is 3. The lowest BCUT2D eigenvalue weighted by atomic mass is 10.2. The summed E-state index contributed by atoms with van der Waals surface area (Å²) >= 11 is 9.03. The van der Waals surface area contributed by atoms with Gasteiger partial charge in [0.15, 0.2) is 0 Å². The van der Waals surface area contributed by atoms with Gasteiger partial charge >= 0.3 is 11.9 Å². The zero-order chi connectivity index (χ0) is 16.0. The molecule has 0 aliphatic carbocycles. The third kappa shape index (κ3) is 5.02. The Hall–Kier alpha value is -1.60. The molecule has 0 bridgehead atoms. The molecule has 0 unspecified atom stereocenters. The number of esters is 2. The first-order chi connectivity index (χ1) is 9.88. The topological polar surface area (TPSA) is 72.9 Å². The van der Waals surface area contributed by atoms with Gasteiger partial charge in [-0.25, -0.2) is 0 Å². The van der Waals surface area contributed by atoms with E-state index >= 15 is 0 Å². The van der Waals surface area contributed by atoms with E-state index in [9.17, 15) is 14.4 Å². The van der Waals surface area contributed by atoms with Crippen molar-refractivity contribution in [1.29, 1.82) is 0 Å². The van der Waals surface area contributed by atoms with Crippen LogP contribution in [-0.2, 0) is 19.1 Å². The van der Waals surface area contributed by atoms with Crippen LogP contribution in [0.1, 0.15) is 10.4 Å². The molecule has 114 valence electrons. The Labute approximate surface area is 135 Å². The van der Waals surface area contributed by atoms with Gasteiger partial charge in [0.05, 0.1) is 19.8 Å². The van der Waals surface area contributed by atoms with Crippen LogP contribution in [0.25, 0.3) is 0 Å². The number of carbonyl (C=O) groups excluding carboxylic acids is 3. The minimum absolute atomic E-state index is 0.271. The van der Waals surface area contributed by atoms with Crippen LogP contribution in [0.5, 0.6) is 0 Å². The van der Waals surface area contributed by atoms with Gasteiger partial charge in [-0.15, -0.1) is 0 Å². The lowest BCUT2D eigenvalue weighted by Gasteiger charge is -2.20. The summed E-state index contributed by atoms with van der Waals surface area (Å²) in [5.74, 6) is -1.80. The van der Waals surface area contributed by atoms with Gasteiger partial charge in [0.2, 0.25) is 0 Å². The van der Waals surface area contributed by atoms with Crippen LogP contribution in [0.2, 0.25) is 5.02 Å². The molecular weight excluding hydrogens is 366 g/mol. The second-order valence-electron chi connectivity index (χ2n) is 3.94. The van der Waals surface area contributed by atoms with Crippen LogP contribution in [0.4, 0.5) is 0 Å². The smallest absolute Gasteiger partial charge is 0.325 e. The highest BCUT2D eigenvalue weighted by Crippen LogP contribution is 2.23. The van der Waals surface area contributed by atoms with Crippen LogP contribution < -0.4 is 0 Å². The average Bonchev–Trinajstić information content (AvgIpc) is 2.45. The van der Waals surface area contributed by atoms with Crippen molar-refractivity contribution < 1.29 is 23.9 Å². The van der Waals surface area contributed by atoms with E-state index in [0.717, 1.165) is 4.90 Å². The normalized spacial score (nSPS) is 9.90. The first-order valence-electron chi connectivity index (χ1n) is 5.77. The van der Waals surface area contributed by atoms with Gasteiger partial charge in [0, 0.05) is 9.50 Å². The van der Waals surface area contributed by atoms with E-state index in [2.05, 4.69) is 25.4 Å². The van der Waals surface area contributed by atoms with Gasteiger partial charge in [-0.3, -0.25) is 14.4 Å². The van der Waals surface area contributed by atoms with Crippen molar-refractivity contribution in [2.24, 2.45) is 0 Å². The summed E-state index contributed by atoms with van der Waals surface area (Å²) in [6.07, 6.45) is 0. The molecule has 0 atom stereocenters. The maximum Gasteiger partial charge on any atom is 0.325 e. The number of hydrogen-bond acceptors (Lipinski definition) is 5. The maximum absolute atomic E-state index is 12.4. The number of benzene rings is 1. The number of nitrogens with zero attached hydrogens (tertiary/aromatic N) is 1. The summed E-state index contributed by atoms with van der Waals surface area (Å²) in [6.45, 7) is -0.723. The molecule has 0 aliphatic rings. The highest BCUT2D eigenvalue weighted by atomic mass is 79.9. The van der Waals surface area contributed by atoms with E-state index in [-0.39, 0.29) is 18.7 Å². The van der Waals surface area contributed by atoms with E-state index < -0.39 is 17.8 Å². The molecule has 0 heterocycles. The predicted octanol–water partition coefficient (Wildman–Crippen LogP) is 1.89. The monoisotopic (exact) mass is 377 g/mol. The minimum Gasteiger partial charge on any atom is -0.468 e. The van der Waals surface area contributed by atoms with E-state index in [1.165, 1.54) is 26.4 Å². The number of methoxy groups -OCH3 is 2. The first kappa shape index (κ1) is 17.5. The molecule has 1 amide bonds. The van der Waals surface area contributed by atoms with Gasteiger partial charge in [0.25, 0.3) is 5.91 Å². The second-order valence-corrected chi connectivity index (χ2v) is 5.23. The lowest BCUT2D eigenvalue weighted by molar-refractivity contribution is -0.144. The summed E-state index contributed by atoms with van der Waals surface area (Å²) in [4.78, 5) is 36.2. The summed E-state index contributed by atoms with van der Waals surface area (Å²) < 4.78 is 9.49. The molecule has 0 saturated heterocycles. The van der Waals surface area contributed by atoms with Crippen molar-refractivity contribution >= 4 is 45.4 Å². The standard InChI is InChI=1S/C13H13BrClNO5/c1-20-11(17)6-16(7-12(18)21-2)13(19)9-4-3-8(15)5-10(9)14/h3-5H,6-7H2,1-2H3. The molecule has 0 aliphatic heterocycles. The van der Waals surface area contributed by atoms with E-state index in [1.54, 1.807) is 6.07 Å². The quantitative estimate of drug-likeness (QED) is 0.732. The zero-order valence-corrected chi connectivity index (χ0v) is 13.7.